The van der Waals surface area contributed by atoms with E-state index in [0.717, 1.165) is 22.3 Å². The van der Waals surface area contributed by atoms with Crippen LogP contribution in [-0.2, 0) is 14.3 Å². The summed E-state index contributed by atoms with van der Waals surface area (Å²) in [6, 6.07) is 14.1. The van der Waals surface area contributed by atoms with Crippen LogP contribution in [-0.4, -0.2) is 48.2 Å². The van der Waals surface area contributed by atoms with Crippen molar-refractivity contribution in [1.82, 2.24) is 10.6 Å². The zero-order valence-corrected chi connectivity index (χ0v) is 17.9. The zero-order chi connectivity index (χ0) is 23.8. The predicted molar refractivity (Wildman–Crippen MR) is 115 cm³/mol. The van der Waals surface area contributed by atoms with E-state index in [1.807, 2.05) is 48.5 Å². The van der Waals surface area contributed by atoms with Gasteiger partial charge in [0.15, 0.2) is 0 Å². The lowest BCUT2D eigenvalue weighted by Gasteiger charge is -2.20. The maximum absolute atomic E-state index is 13.4. The Morgan fingerprint density at radius 3 is 2.15 bits per heavy atom. The fourth-order valence-electron chi connectivity index (χ4n) is 4.21. The van der Waals surface area contributed by atoms with Crippen LogP contribution in [0.1, 0.15) is 36.8 Å². The van der Waals surface area contributed by atoms with Crippen LogP contribution in [0, 0.1) is 5.41 Å². The Morgan fingerprint density at radius 1 is 1.09 bits per heavy atom. The average molecular weight is 458 g/mol. The maximum atomic E-state index is 13.4. The van der Waals surface area contributed by atoms with Gasteiger partial charge in [0.25, 0.3) is 5.92 Å². The van der Waals surface area contributed by atoms with Crippen molar-refractivity contribution in [3.63, 3.8) is 0 Å². The molecule has 0 aliphatic heterocycles. The Kier molecular flexibility index (Phi) is 5.82. The van der Waals surface area contributed by atoms with Crippen molar-refractivity contribution in [3.05, 3.63) is 59.7 Å². The third-order valence-corrected chi connectivity index (χ3v) is 6.35. The first-order valence-corrected chi connectivity index (χ1v) is 10.6. The highest BCUT2D eigenvalue weighted by atomic mass is 19.3. The fourth-order valence-corrected chi connectivity index (χ4v) is 4.21. The molecular weight excluding hydrogens is 434 g/mol. The summed E-state index contributed by atoms with van der Waals surface area (Å²) in [5, 5.41) is 13.7. The van der Waals surface area contributed by atoms with Crippen molar-refractivity contribution >= 4 is 18.0 Å². The summed E-state index contributed by atoms with van der Waals surface area (Å²) in [5.41, 5.74) is 2.75. The number of benzene rings is 2. The van der Waals surface area contributed by atoms with Gasteiger partial charge in [-0.1, -0.05) is 55.5 Å². The molecule has 7 nitrogen and oxygen atoms in total. The predicted octanol–water partition coefficient (Wildman–Crippen LogP) is 3.53. The minimum absolute atomic E-state index is 0.00837. The number of aliphatic carboxylic acids is 1. The van der Waals surface area contributed by atoms with Crippen LogP contribution in [0.5, 0.6) is 0 Å². The number of carbonyl (C=O) groups excluding carboxylic acids is 2. The van der Waals surface area contributed by atoms with Crippen LogP contribution in [0.2, 0.25) is 0 Å². The summed E-state index contributed by atoms with van der Waals surface area (Å²) in [5.74, 6) is -5.25. The first-order chi connectivity index (χ1) is 15.6. The largest absolute Gasteiger partial charge is 0.481 e. The number of carbonyl (C=O) groups is 3. The molecule has 1 saturated carbocycles. The topological polar surface area (TPSA) is 105 Å². The Labute approximate surface area is 189 Å². The molecule has 4 rings (SSSR count). The van der Waals surface area contributed by atoms with Gasteiger partial charge in [-0.25, -0.2) is 13.6 Å². The molecule has 33 heavy (non-hydrogen) atoms. The minimum Gasteiger partial charge on any atom is -0.481 e. The highest BCUT2D eigenvalue weighted by molar-refractivity contribution is 5.89. The van der Waals surface area contributed by atoms with Gasteiger partial charge in [-0.05, 0) is 22.3 Å². The van der Waals surface area contributed by atoms with E-state index in [2.05, 4.69) is 10.6 Å². The fraction of sp³-hybridized carbons (Fsp3) is 0.375. The van der Waals surface area contributed by atoms with Gasteiger partial charge in [0.05, 0.1) is 11.8 Å². The van der Waals surface area contributed by atoms with E-state index in [0.29, 0.717) is 0 Å². The number of fused-ring (bicyclic) bond motifs is 3. The number of alkyl halides is 2. The second kappa shape index (κ2) is 8.46. The maximum Gasteiger partial charge on any atom is 0.407 e. The molecule has 0 aromatic heterocycles. The molecule has 2 amide bonds. The smallest absolute Gasteiger partial charge is 0.407 e. The van der Waals surface area contributed by atoms with Crippen molar-refractivity contribution in [2.75, 3.05) is 13.2 Å². The van der Waals surface area contributed by atoms with Crippen molar-refractivity contribution in [2.45, 2.75) is 37.6 Å². The van der Waals surface area contributed by atoms with Crippen LogP contribution in [0.15, 0.2) is 48.5 Å². The van der Waals surface area contributed by atoms with Gasteiger partial charge in [0.2, 0.25) is 5.91 Å². The molecule has 0 spiro atoms. The normalized spacial score (nSPS) is 20.8. The lowest BCUT2D eigenvalue weighted by Crippen LogP contribution is -2.49. The van der Waals surface area contributed by atoms with E-state index >= 15 is 0 Å². The Bertz CT molecular complexity index is 1060. The number of carboxylic acids is 1. The van der Waals surface area contributed by atoms with E-state index in [1.165, 1.54) is 6.92 Å². The Hall–Kier alpha value is -3.49. The molecule has 2 aliphatic carbocycles. The molecule has 0 radical (unpaired) electrons. The molecule has 174 valence electrons. The highest BCUT2D eigenvalue weighted by Crippen LogP contribution is 2.59. The van der Waals surface area contributed by atoms with Gasteiger partial charge in [0, 0.05) is 18.9 Å². The molecule has 0 saturated heterocycles. The van der Waals surface area contributed by atoms with Crippen LogP contribution < -0.4 is 10.6 Å². The molecule has 0 heterocycles. The third-order valence-electron chi connectivity index (χ3n) is 6.35. The van der Waals surface area contributed by atoms with Gasteiger partial charge in [-0.3, -0.25) is 9.59 Å². The summed E-state index contributed by atoms with van der Waals surface area (Å²) < 4.78 is 32.1. The number of alkyl carbamates (subject to hydrolysis) is 1. The number of hydrogen-bond donors (Lipinski definition) is 3. The number of ether oxygens (including phenoxy) is 1. The number of amides is 2. The van der Waals surface area contributed by atoms with E-state index in [1.54, 1.807) is 0 Å². The molecule has 2 aromatic carbocycles. The van der Waals surface area contributed by atoms with Crippen molar-refractivity contribution in [1.29, 1.82) is 0 Å². The Morgan fingerprint density at radius 2 is 1.64 bits per heavy atom. The van der Waals surface area contributed by atoms with Crippen molar-refractivity contribution < 1.29 is 33.0 Å². The minimum atomic E-state index is -2.87. The molecule has 9 heteroatoms. The molecule has 2 unspecified atom stereocenters. The molecule has 2 aromatic rings. The molecule has 2 aliphatic rings. The summed E-state index contributed by atoms with van der Waals surface area (Å²) in [7, 11) is 0. The third kappa shape index (κ3) is 4.53. The first-order valence-electron chi connectivity index (χ1n) is 10.6. The molecule has 3 N–H and O–H groups in total. The van der Waals surface area contributed by atoms with Gasteiger partial charge >= 0.3 is 12.1 Å². The lowest BCUT2D eigenvalue weighted by atomic mass is 9.98. The van der Waals surface area contributed by atoms with E-state index in [-0.39, 0.29) is 25.5 Å². The SMILES string of the molecule is CC1(CNC(=O)C(CC(=O)O)NC(=O)OCC2c3ccccc3-c3ccccc32)CC1(F)F. The summed E-state index contributed by atoms with van der Waals surface area (Å²) in [4.78, 5) is 36.0. The van der Waals surface area contributed by atoms with Crippen LogP contribution in [0.3, 0.4) is 0 Å². The first kappa shape index (κ1) is 22.7. The summed E-state index contributed by atoms with van der Waals surface area (Å²) in [6.07, 6.45) is -2.02. The van der Waals surface area contributed by atoms with Crippen LogP contribution >= 0.6 is 0 Å². The van der Waals surface area contributed by atoms with E-state index in [9.17, 15) is 23.2 Å². The van der Waals surface area contributed by atoms with Gasteiger partial charge in [-0.15, -0.1) is 0 Å². The van der Waals surface area contributed by atoms with E-state index < -0.39 is 41.8 Å². The zero-order valence-electron chi connectivity index (χ0n) is 17.9. The van der Waals surface area contributed by atoms with Gasteiger partial charge in [0.1, 0.15) is 12.6 Å². The number of rotatable bonds is 8. The van der Waals surface area contributed by atoms with Crippen molar-refractivity contribution in [2.24, 2.45) is 5.41 Å². The molecule has 0 bridgehead atoms. The Balaban J connectivity index is 1.38. The van der Waals surface area contributed by atoms with Crippen LogP contribution in [0.4, 0.5) is 13.6 Å². The number of nitrogens with one attached hydrogen (secondary N) is 2. The standard InChI is InChI=1S/C24H24F2N2O5/c1-23(12-24(23,25)26)13-27-21(31)19(10-20(29)30)28-22(32)33-11-18-16-8-4-2-6-14(16)15-7-3-5-9-17(15)18/h2-9,18-19H,10-13H2,1H3,(H,27,31)(H,28,32)(H,29,30). The summed E-state index contributed by atoms with van der Waals surface area (Å²) >= 11 is 0. The quantitative estimate of drug-likeness (QED) is 0.561. The van der Waals surface area contributed by atoms with Gasteiger partial charge in [-0.2, -0.15) is 0 Å². The molecule has 2 atom stereocenters. The van der Waals surface area contributed by atoms with Crippen molar-refractivity contribution in [3.8, 4) is 11.1 Å². The molecule has 1 fully saturated rings. The second-order valence-electron chi connectivity index (χ2n) is 8.78. The summed E-state index contributed by atoms with van der Waals surface area (Å²) in [6.45, 7) is 1.01. The van der Waals surface area contributed by atoms with E-state index in [4.69, 9.17) is 9.84 Å². The lowest BCUT2D eigenvalue weighted by molar-refractivity contribution is -0.139. The van der Waals surface area contributed by atoms with Gasteiger partial charge < -0.3 is 20.5 Å². The number of hydrogen-bond acceptors (Lipinski definition) is 4. The monoisotopic (exact) mass is 458 g/mol. The van der Waals surface area contributed by atoms with Crippen LogP contribution in [0.25, 0.3) is 11.1 Å². The molecular formula is C24H24F2N2O5. The highest BCUT2D eigenvalue weighted by Gasteiger charge is 2.67. The average Bonchev–Trinajstić information content (AvgIpc) is 3.12. The number of halogens is 2. The number of carboxylic acid groups (broad SMARTS) is 1. The second-order valence-corrected chi connectivity index (χ2v) is 8.78.